The smallest absolute Gasteiger partial charge is 0.127 e. The molecule has 2 unspecified atom stereocenters. The van der Waals surface area contributed by atoms with Gasteiger partial charge in [-0.15, -0.1) is 0 Å². The first-order valence-electron chi connectivity index (χ1n) is 14.6. The van der Waals surface area contributed by atoms with Crippen molar-refractivity contribution >= 4 is 0 Å². The van der Waals surface area contributed by atoms with Crippen LogP contribution in [0.25, 0.3) is 0 Å². The Labute approximate surface area is 212 Å². The van der Waals surface area contributed by atoms with Crippen molar-refractivity contribution in [3.8, 4) is 11.5 Å². The number of phenols is 1. The minimum Gasteiger partial charge on any atom is -0.507 e. The summed E-state index contributed by atoms with van der Waals surface area (Å²) in [5.41, 5.74) is 4.49. The molecule has 34 heavy (non-hydrogen) atoms. The summed E-state index contributed by atoms with van der Waals surface area (Å²) < 4.78 is 6.74. The second-order valence-corrected chi connectivity index (χ2v) is 12.4. The second kappa shape index (κ2) is 13.8. The number of ether oxygens (including phenoxy) is 1. The maximum atomic E-state index is 10.8. The van der Waals surface area contributed by atoms with Gasteiger partial charge in [-0.25, -0.2) is 0 Å². The molecule has 2 rings (SSSR count). The lowest BCUT2D eigenvalue weighted by Crippen LogP contribution is -2.37. The van der Waals surface area contributed by atoms with Crippen LogP contribution in [0.5, 0.6) is 11.5 Å². The van der Waals surface area contributed by atoms with Crippen molar-refractivity contribution in [1.29, 1.82) is 0 Å². The third kappa shape index (κ3) is 8.49. The Kier molecular flexibility index (Phi) is 11.8. The fourth-order valence-electron chi connectivity index (χ4n) is 5.77. The summed E-state index contributed by atoms with van der Waals surface area (Å²) in [6, 6.07) is 0. The fraction of sp³-hybridized carbons (Fsp3) is 0.812. The molecule has 1 N–H and O–H groups in total. The zero-order valence-electron chi connectivity index (χ0n) is 24.0. The zero-order valence-corrected chi connectivity index (χ0v) is 24.0. The monoisotopic (exact) mass is 472 g/mol. The molecule has 0 spiro atoms. The number of fused-ring (bicyclic) bond motifs is 1. The van der Waals surface area contributed by atoms with E-state index in [4.69, 9.17) is 4.74 Å². The van der Waals surface area contributed by atoms with Gasteiger partial charge in [0.25, 0.3) is 0 Å². The lowest BCUT2D eigenvalue weighted by molar-refractivity contribution is 0.0510. The molecular weight excluding hydrogens is 416 g/mol. The predicted molar refractivity (Wildman–Crippen MR) is 148 cm³/mol. The maximum absolute atomic E-state index is 10.8. The molecule has 1 aliphatic heterocycles. The Morgan fingerprint density at radius 1 is 0.853 bits per heavy atom. The third-order valence-corrected chi connectivity index (χ3v) is 8.49. The summed E-state index contributed by atoms with van der Waals surface area (Å²) in [6.45, 7) is 18.3. The molecule has 0 radical (unpaired) electrons. The Balaban J connectivity index is 1.82. The van der Waals surface area contributed by atoms with E-state index in [0.29, 0.717) is 5.75 Å². The van der Waals surface area contributed by atoms with Gasteiger partial charge in [0.15, 0.2) is 0 Å². The van der Waals surface area contributed by atoms with Crippen molar-refractivity contribution < 1.29 is 9.84 Å². The molecule has 0 saturated carbocycles. The molecule has 0 amide bonds. The highest BCUT2D eigenvalue weighted by molar-refractivity contribution is 5.59. The van der Waals surface area contributed by atoms with E-state index >= 15 is 0 Å². The van der Waals surface area contributed by atoms with Crippen molar-refractivity contribution in [2.24, 2.45) is 17.8 Å². The number of hydrogen-bond donors (Lipinski definition) is 1. The van der Waals surface area contributed by atoms with E-state index in [-0.39, 0.29) is 5.60 Å². The Morgan fingerprint density at radius 2 is 1.44 bits per heavy atom. The van der Waals surface area contributed by atoms with E-state index in [1.165, 1.54) is 56.9 Å². The summed E-state index contributed by atoms with van der Waals surface area (Å²) in [6.07, 6.45) is 17.3. The molecule has 0 aliphatic carbocycles. The van der Waals surface area contributed by atoms with Gasteiger partial charge in [-0.1, -0.05) is 86.0 Å². The van der Waals surface area contributed by atoms with Gasteiger partial charge in [0.2, 0.25) is 0 Å². The predicted octanol–water partition coefficient (Wildman–Crippen LogP) is 9.87. The Bertz CT molecular complexity index is 750. The molecule has 1 aliphatic rings. The molecule has 2 nitrogen and oxygen atoms in total. The molecule has 0 saturated heterocycles. The highest BCUT2D eigenvalue weighted by Crippen LogP contribution is 2.45. The Morgan fingerprint density at radius 3 is 2.03 bits per heavy atom. The van der Waals surface area contributed by atoms with Crippen LogP contribution in [-0.4, -0.2) is 10.7 Å². The number of phenolic OH excluding ortho intramolecular Hbond substituents is 1. The van der Waals surface area contributed by atoms with Crippen LogP contribution >= 0.6 is 0 Å². The highest BCUT2D eigenvalue weighted by Gasteiger charge is 2.34. The molecule has 0 bridgehead atoms. The van der Waals surface area contributed by atoms with Crippen LogP contribution in [0.1, 0.15) is 141 Å². The minimum absolute atomic E-state index is 0.0755. The Hall–Kier alpha value is -1.18. The lowest BCUT2D eigenvalue weighted by atomic mass is 9.82. The number of unbranched alkanes of at least 4 members (excludes halogenated alkanes) is 1. The average molecular weight is 473 g/mol. The minimum atomic E-state index is -0.0755. The van der Waals surface area contributed by atoms with Crippen molar-refractivity contribution in [2.45, 2.75) is 151 Å². The number of aromatic hydroxyl groups is 1. The molecule has 2 heteroatoms. The molecule has 1 heterocycles. The number of rotatable bonds is 15. The fourth-order valence-corrected chi connectivity index (χ4v) is 5.77. The van der Waals surface area contributed by atoms with Gasteiger partial charge in [-0.05, 0) is 88.2 Å². The molecule has 0 fully saturated rings. The first-order valence-corrected chi connectivity index (χ1v) is 14.6. The molecule has 1 aromatic rings. The van der Waals surface area contributed by atoms with E-state index in [0.717, 1.165) is 78.7 Å². The van der Waals surface area contributed by atoms with Gasteiger partial charge in [-0.3, -0.25) is 0 Å². The molecule has 3 atom stereocenters. The van der Waals surface area contributed by atoms with Gasteiger partial charge in [0, 0.05) is 11.1 Å². The van der Waals surface area contributed by atoms with Crippen LogP contribution in [-0.2, 0) is 12.8 Å². The van der Waals surface area contributed by atoms with E-state index in [1.54, 1.807) is 0 Å². The molecule has 196 valence electrons. The molecule has 0 aromatic heterocycles. The number of hydrogen-bond acceptors (Lipinski definition) is 2. The van der Waals surface area contributed by atoms with Crippen LogP contribution < -0.4 is 4.74 Å². The maximum Gasteiger partial charge on any atom is 0.127 e. The van der Waals surface area contributed by atoms with Gasteiger partial charge < -0.3 is 9.84 Å². The SMILES string of the molecule is CCCCc1c(O)c(C)c(C)c2c1CC[C@@](C)(CCCC(C)CCCC(C)CCCC(C)C)O2. The van der Waals surface area contributed by atoms with Gasteiger partial charge >= 0.3 is 0 Å². The zero-order chi connectivity index (χ0) is 25.3. The topological polar surface area (TPSA) is 29.5 Å². The first-order chi connectivity index (χ1) is 16.1. The summed E-state index contributed by atoms with van der Waals surface area (Å²) >= 11 is 0. The van der Waals surface area contributed by atoms with Crippen molar-refractivity contribution in [2.75, 3.05) is 0 Å². The van der Waals surface area contributed by atoms with Crippen LogP contribution in [0.15, 0.2) is 0 Å². The van der Waals surface area contributed by atoms with E-state index in [9.17, 15) is 5.11 Å². The van der Waals surface area contributed by atoms with E-state index in [1.807, 2.05) is 6.92 Å². The van der Waals surface area contributed by atoms with Crippen molar-refractivity contribution in [3.05, 3.63) is 22.3 Å². The lowest BCUT2D eigenvalue weighted by Gasteiger charge is -2.38. The molecular formula is C32H56O2. The van der Waals surface area contributed by atoms with Gasteiger partial charge in [0.05, 0.1) is 0 Å². The van der Waals surface area contributed by atoms with Crippen LogP contribution in [0.4, 0.5) is 0 Å². The summed E-state index contributed by atoms with van der Waals surface area (Å²) in [5.74, 6) is 4.13. The second-order valence-electron chi connectivity index (χ2n) is 12.4. The quantitative estimate of drug-likeness (QED) is 0.275. The average Bonchev–Trinajstić information content (AvgIpc) is 2.77. The largest absolute Gasteiger partial charge is 0.507 e. The van der Waals surface area contributed by atoms with Crippen molar-refractivity contribution in [3.63, 3.8) is 0 Å². The van der Waals surface area contributed by atoms with Crippen LogP contribution in [0, 0.1) is 31.6 Å². The highest BCUT2D eigenvalue weighted by atomic mass is 16.5. The van der Waals surface area contributed by atoms with E-state index < -0.39 is 0 Å². The molecule has 1 aromatic carbocycles. The van der Waals surface area contributed by atoms with Crippen molar-refractivity contribution in [1.82, 2.24) is 0 Å². The van der Waals surface area contributed by atoms with Gasteiger partial charge in [0.1, 0.15) is 17.1 Å². The van der Waals surface area contributed by atoms with Gasteiger partial charge in [-0.2, -0.15) is 0 Å². The van der Waals surface area contributed by atoms with Crippen LogP contribution in [0.3, 0.4) is 0 Å². The van der Waals surface area contributed by atoms with Crippen LogP contribution in [0.2, 0.25) is 0 Å². The normalized spacial score (nSPS) is 19.7. The summed E-state index contributed by atoms with van der Waals surface area (Å²) in [7, 11) is 0. The number of benzene rings is 1. The standard InChI is InChI=1S/C32H56O2/c1-9-10-19-28-29-20-22-32(8,34-31(29)27(7)26(6)30(28)33)21-13-18-25(5)17-12-16-24(4)15-11-14-23(2)3/h23-25,33H,9-22H2,1-8H3/t24?,25?,32-/m1/s1. The van der Waals surface area contributed by atoms with E-state index in [2.05, 4.69) is 48.5 Å². The first kappa shape index (κ1) is 29.1. The summed E-state index contributed by atoms with van der Waals surface area (Å²) in [4.78, 5) is 0. The summed E-state index contributed by atoms with van der Waals surface area (Å²) in [5, 5.41) is 10.8. The third-order valence-electron chi connectivity index (χ3n) is 8.49.